The summed E-state index contributed by atoms with van der Waals surface area (Å²) in [5.41, 5.74) is 3.86. The van der Waals surface area contributed by atoms with Crippen molar-refractivity contribution in [3.8, 4) is 0 Å². The number of H-pyrrole nitrogens is 1. The van der Waals surface area contributed by atoms with E-state index in [0.29, 0.717) is 17.4 Å². The quantitative estimate of drug-likeness (QED) is 0.765. The maximum Gasteiger partial charge on any atom is 0.274 e. The standard InChI is InChI=1S/C19H23N3O/c1-12(2)14-8-9-15-16(10-14)22-17(19(23)21-15)11-20-18(22)13-6-4-3-5-7-13/h8-13H,3-7H2,1-2H3,(H,21,23). The molecule has 1 aromatic carbocycles. The van der Waals surface area contributed by atoms with Gasteiger partial charge in [0.25, 0.3) is 5.56 Å². The third-order valence-electron chi connectivity index (χ3n) is 5.17. The Balaban J connectivity index is 2.02. The molecule has 4 rings (SSSR count). The van der Waals surface area contributed by atoms with Crippen molar-refractivity contribution in [1.29, 1.82) is 0 Å². The molecule has 4 nitrogen and oxygen atoms in total. The second-order valence-corrected chi connectivity index (χ2v) is 7.06. The first-order chi connectivity index (χ1) is 11.1. The number of hydrogen-bond donors (Lipinski definition) is 1. The van der Waals surface area contributed by atoms with E-state index < -0.39 is 0 Å². The van der Waals surface area contributed by atoms with Gasteiger partial charge in [0.1, 0.15) is 11.3 Å². The first kappa shape index (κ1) is 14.5. The lowest BCUT2D eigenvalue weighted by Crippen LogP contribution is -2.14. The molecule has 3 aromatic rings. The molecule has 120 valence electrons. The van der Waals surface area contributed by atoms with Gasteiger partial charge in [0, 0.05) is 5.92 Å². The van der Waals surface area contributed by atoms with E-state index in [2.05, 4.69) is 40.3 Å². The fourth-order valence-corrected chi connectivity index (χ4v) is 3.81. The van der Waals surface area contributed by atoms with Crippen LogP contribution in [0.3, 0.4) is 0 Å². The van der Waals surface area contributed by atoms with Crippen molar-refractivity contribution in [3.63, 3.8) is 0 Å². The molecule has 1 aliphatic rings. The fraction of sp³-hybridized carbons (Fsp3) is 0.474. The Hall–Kier alpha value is -2.10. The highest BCUT2D eigenvalue weighted by Crippen LogP contribution is 2.33. The number of benzene rings is 1. The maximum atomic E-state index is 12.4. The molecule has 4 heteroatoms. The summed E-state index contributed by atoms with van der Waals surface area (Å²) >= 11 is 0. The molecule has 0 amide bonds. The van der Waals surface area contributed by atoms with Crippen LogP contribution >= 0.6 is 0 Å². The van der Waals surface area contributed by atoms with Gasteiger partial charge in [0.2, 0.25) is 0 Å². The van der Waals surface area contributed by atoms with Crippen molar-refractivity contribution in [3.05, 3.63) is 46.1 Å². The van der Waals surface area contributed by atoms with E-state index >= 15 is 0 Å². The number of hydrogen-bond acceptors (Lipinski definition) is 2. The monoisotopic (exact) mass is 309 g/mol. The van der Waals surface area contributed by atoms with E-state index in [1.807, 2.05) is 6.07 Å². The summed E-state index contributed by atoms with van der Waals surface area (Å²) in [6.45, 7) is 4.39. The molecule has 1 saturated carbocycles. The molecule has 2 aromatic heterocycles. The minimum absolute atomic E-state index is 0.0515. The number of fused-ring (bicyclic) bond motifs is 3. The number of nitrogens with zero attached hydrogens (tertiary/aromatic N) is 2. The Morgan fingerprint density at radius 2 is 1.96 bits per heavy atom. The molecule has 1 N–H and O–H groups in total. The molecule has 1 aliphatic carbocycles. The molecule has 0 aliphatic heterocycles. The Kier molecular flexibility index (Phi) is 3.47. The Bertz CT molecular complexity index is 913. The molecule has 0 spiro atoms. The second-order valence-electron chi connectivity index (χ2n) is 7.06. The average molecular weight is 309 g/mol. The number of imidazole rings is 1. The van der Waals surface area contributed by atoms with Gasteiger partial charge in [-0.2, -0.15) is 0 Å². The lowest BCUT2D eigenvalue weighted by atomic mass is 9.88. The first-order valence-corrected chi connectivity index (χ1v) is 8.68. The smallest absolute Gasteiger partial charge is 0.274 e. The Morgan fingerprint density at radius 3 is 2.70 bits per heavy atom. The van der Waals surface area contributed by atoms with Gasteiger partial charge in [-0.1, -0.05) is 39.2 Å². The molecule has 0 unspecified atom stereocenters. The normalized spacial score (nSPS) is 16.7. The molecule has 2 heterocycles. The fourth-order valence-electron chi connectivity index (χ4n) is 3.81. The third kappa shape index (κ3) is 2.37. The highest BCUT2D eigenvalue weighted by atomic mass is 16.1. The van der Waals surface area contributed by atoms with Gasteiger partial charge in [-0.05, 0) is 36.5 Å². The number of aromatic amines is 1. The minimum Gasteiger partial charge on any atom is -0.319 e. The van der Waals surface area contributed by atoms with Gasteiger partial charge in [-0.25, -0.2) is 4.98 Å². The van der Waals surface area contributed by atoms with Gasteiger partial charge in [-0.3, -0.25) is 9.20 Å². The molecule has 23 heavy (non-hydrogen) atoms. The largest absolute Gasteiger partial charge is 0.319 e. The van der Waals surface area contributed by atoms with Crippen LogP contribution in [0.1, 0.15) is 69.2 Å². The van der Waals surface area contributed by atoms with Gasteiger partial charge >= 0.3 is 0 Å². The van der Waals surface area contributed by atoms with Gasteiger partial charge in [-0.15, -0.1) is 0 Å². The zero-order valence-electron chi connectivity index (χ0n) is 13.8. The Morgan fingerprint density at radius 1 is 1.17 bits per heavy atom. The number of rotatable bonds is 2. The molecule has 0 radical (unpaired) electrons. The van der Waals surface area contributed by atoms with Crippen LogP contribution in [0.5, 0.6) is 0 Å². The van der Waals surface area contributed by atoms with Gasteiger partial charge in [0.05, 0.1) is 17.2 Å². The summed E-state index contributed by atoms with van der Waals surface area (Å²) in [7, 11) is 0. The van der Waals surface area contributed by atoms with Crippen molar-refractivity contribution < 1.29 is 0 Å². The SMILES string of the molecule is CC(C)c1ccc2[nH]c(=O)c3cnc(C4CCCCC4)n3c2c1. The van der Waals surface area contributed by atoms with Crippen molar-refractivity contribution in [1.82, 2.24) is 14.4 Å². The Labute approximate surface area is 135 Å². The van der Waals surface area contributed by atoms with Crippen molar-refractivity contribution in [2.75, 3.05) is 0 Å². The van der Waals surface area contributed by atoms with Crippen LogP contribution in [0.15, 0.2) is 29.2 Å². The highest BCUT2D eigenvalue weighted by molar-refractivity contribution is 5.79. The van der Waals surface area contributed by atoms with Gasteiger partial charge in [0.15, 0.2) is 0 Å². The molecule has 0 saturated heterocycles. The first-order valence-electron chi connectivity index (χ1n) is 8.68. The molecular formula is C19H23N3O. The average Bonchev–Trinajstić information content (AvgIpc) is 3.01. The number of nitrogens with one attached hydrogen (secondary N) is 1. The highest BCUT2D eigenvalue weighted by Gasteiger charge is 2.22. The van der Waals surface area contributed by atoms with Crippen molar-refractivity contribution in [2.24, 2.45) is 0 Å². The summed E-state index contributed by atoms with van der Waals surface area (Å²) in [5, 5.41) is 0. The summed E-state index contributed by atoms with van der Waals surface area (Å²) in [6.07, 6.45) is 7.94. The van der Waals surface area contributed by atoms with Crippen LogP contribution < -0.4 is 5.56 Å². The van der Waals surface area contributed by atoms with E-state index in [4.69, 9.17) is 0 Å². The van der Waals surface area contributed by atoms with Crippen LogP contribution in [0.25, 0.3) is 16.6 Å². The summed E-state index contributed by atoms with van der Waals surface area (Å²) in [5.74, 6) is 2.00. The summed E-state index contributed by atoms with van der Waals surface area (Å²) in [4.78, 5) is 20.0. The lowest BCUT2D eigenvalue weighted by molar-refractivity contribution is 0.428. The van der Waals surface area contributed by atoms with Crippen molar-refractivity contribution in [2.45, 2.75) is 57.8 Å². The zero-order valence-corrected chi connectivity index (χ0v) is 13.8. The third-order valence-corrected chi connectivity index (χ3v) is 5.17. The molecule has 0 bridgehead atoms. The van der Waals surface area contributed by atoms with E-state index in [1.165, 1.54) is 37.7 Å². The van der Waals surface area contributed by atoms with Crippen LogP contribution in [0.2, 0.25) is 0 Å². The summed E-state index contributed by atoms with van der Waals surface area (Å²) in [6, 6.07) is 6.33. The topological polar surface area (TPSA) is 50.2 Å². The minimum atomic E-state index is -0.0515. The van der Waals surface area contributed by atoms with Crippen LogP contribution in [0.4, 0.5) is 0 Å². The van der Waals surface area contributed by atoms with Crippen LogP contribution in [-0.2, 0) is 0 Å². The number of aromatic nitrogens is 3. The van der Waals surface area contributed by atoms with E-state index in [0.717, 1.165) is 16.9 Å². The predicted octanol–water partition coefficient (Wildman–Crippen LogP) is 4.35. The van der Waals surface area contributed by atoms with E-state index in [9.17, 15) is 4.79 Å². The van der Waals surface area contributed by atoms with E-state index in [-0.39, 0.29) is 5.56 Å². The molecular weight excluding hydrogens is 286 g/mol. The van der Waals surface area contributed by atoms with E-state index in [1.54, 1.807) is 6.20 Å². The van der Waals surface area contributed by atoms with Crippen LogP contribution in [0, 0.1) is 0 Å². The summed E-state index contributed by atoms with van der Waals surface area (Å²) < 4.78 is 2.11. The second kappa shape index (κ2) is 5.52. The van der Waals surface area contributed by atoms with Crippen molar-refractivity contribution >= 4 is 16.6 Å². The lowest BCUT2D eigenvalue weighted by Gasteiger charge is -2.21. The zero-order chi connectivity index (χ0) is 16.0. The van der Waals surface area contributed by atoms with Crippen LogP contribution in [-0.4, -0.2) is 14.4 Å². The maximum absolute atomic E-state index is 12.4. The predicted molar refractivity (Wildman–Crippen MR) is 93.2 cm³/mol. The van der Waals surface area contributed by atoms with Gasteiger partial charge < -0.3 is 4.98 Å². The molecule has 0 atom stereocenters. The molecule has 1 fully saturated rings.